The fraction of sp³-hybridized carbons (Fsp3) is 0.600. The highest BCUT2D eigenvalue weighted by molar-refractivity contribution is 7.99. The van der Waals surface area contributed by atoms with E-state index in [9.17, 15) is 9.59 Å². The number of benzene rings is 1. The van der Waals surface area contributed by atoms with E-state index in [1.165, 1.54) is 11.1 Å². The Morgan fingerprint density at radius 1 is 1.12 bits per heavy atom. The first-order valence-electron chi connectivity index (χ1n) is 9.45. The molecular formula is C20H26N2O2S. The van der Waals surface area contributed by atoms with Crippen molar-refractivity contribution in [1.29, 1.82) is 0 Å². The Bertz CT molecular complexity index is 657. The molecule has 2 fully saturated rings. The van der Waals surface area contributed by atoms with E-state index in [4.69, 9.17) is 0 Å². The second-order valence-corrected chi connectivity index (χ2v) is 8.54. The molecule has 2 aliphatic heterocycles. The molecular weight excluding hydrogens is 332 g/mol. The summed E-state index contributed by atoms with van der Waals surface area (Å²) in [6.07, 6.45) is 5.53. The molecule has 0 bridgehead atoms. The van der Waals surface area contributed by atoms with E-state index in [0.29, 0.717) is 12.3 Å². The zero-order valence-corrected chi connectivity index (χ0v) is 15.5. The third-order valence-corrected chi connectivity index (χ3v) is 6.80. The number of likely N-dealkylation sites (tertiary alicyclic amines) is 1. The first kappa shape index (κ1) is 17.0. The smallest absolute Gasteiger partial charge is 0.246 e. The molecule has 2 saturated heterocycles. The molecule has 1 aliphatic carbocycles. The minimum Gasteiger partial charge on any atom is -0.331 e. The van der Waals surface area contributed by atoms with Gasteiger partial charge in [-0.05, 0) is 49.1 Å². The van der Waals surface area contributed by atoms with Crippen LogP contribution in [0.1, 0.15) is 36.8 Å². The summed E-state index contributed by atoms with van der Waals surface area (Å²) in [6, 6.07) is 8.38. The molecule has 0 radical (unpaired) electrons. The van der Waals surface area contributed by atoms with E-state index in [1.807, 2.05) is 9.80 Å². The summed E-state index contributed by atoms with van der Waals surface area (Å²) in [6.45, 7) is 1.58. The van der Waals surface area contributed by atoms with Gasteiger partial charge >= 0.3 is 0 Å². The summed E-state index contributed by atoms with van der Waals surface area (Å²) in [5.74, 6) is 2.59. The van der Waals surface area contributed by atoms with Gasteiger partial charge in [0.15, 0.2) is 0 Å². The summed E-state index contributed by atoms with van der Waals surface area (Å²) in [4.78, 5) is 29.5. The van der Waals surface area contributed by atoms with E-state index in [2.05, 4.69) is 24.3 Å². The number of nitrogens with zero attached hydrogens (tertiary/aromatic N) is 2. The molecule has 3 aliphatic rings. The van der Waals surface area contributed by atoms with Gasteiger partial charge in [-0.3, -0.25) is 9.59 Å². The molecule has 2 amide bonds. The average molecular weight is 359 g/mol. The molecule has 1 aromatic carbocycles. The SMILES string of the molecule is O=C([C@@H]1CCCN1C(=O)C[C@H]1CCc2ccccc2C1)N1CCSC1. The van der Waals surface area contributed by atoms with Crippen molar-refractivity contribution in [3.05, 3.63) is 35.4 Å². The molecule has 4 rings (SSSR count). The van der Waals surface area contributed by atoms with Gasteiger partial charge in [-0.25, -0.2) is 0 Å². The third kappa shape index (κ3) is 3.57. The van der Waals surface area contributed by atoms with Crippen LogP contribution < -0.4 is 0 Å². The maximum Gasteiger partial charge on any atom is 0.246 e. The van der Waals surface area contributed by atoms with E-state index in [0.717, 1.165) is 56.8 Å². The first-order chi connectivity index (χ1) is 12.2. The summed E-state index contributed by atoms with van der Waals surface area (Å²) in [7, 11) is 0. The molecule has 4 nitrogen and oxygen atoms in total. The molecule has 2 atom stereocenters. The van der Waals surface area contributed by atoms with E-state index < -0.39 is 0 Å². The lowest BCUT2D eigenvalue weighted by atomic mass is 9.82. The number of hydrogen-bond acceptors (Lipinski definition) is 3. The van der Waals surface area contributed by atoms with Crippen LogP contribution in [0.15, 0.2) is 24.3 Å². The Labute approximate surface area is 153 Å². The maximum atomic E-state index is 12.9. The second-order valence-electron chi connectivity index (χ2n) is 7.47. The largest absolute Gasteiger partial charge is 0.331 e. The van der Waals surface area contributed by atoms with Crippen LogP contribution in [0.3, 0.4) is 0 Å². The van der Waals surface area contributed by atoms with Gasteiger partial charge < -0.3 is 9.80 Å². The lowest BCUT2D eigenvalue weighted by molar-refractivity contribution is -0.143. The quantitative estimate of drug-likeness (QED) is 0.834. The number of amides is 2. The predicted octanol–water partition coefficient (Wildman–Crippen LogP) is 2.71. The number of fused-ring (bicyclic) bond motifs is 1. The summed E-state index contributed by atoms with van der Waals surface area (Å²) < 4.78 is 0. The van der Waals surface area contributed by atoms with Crippen molar-refractivity contribution in [3.63, 3.8) is 0 Å². The summed E-state index contributed by atoms with van der Waals surface area (Å²) in [5.41, 5.74) is 2.83. The molecule has 0 N–H and O–H groups in total. The fourth-order valence-electron chi connectivity index (χ4n) is 4.43. The van der Waals surface area contributed by atoms with E-state index in [-0.39, 0.29) is 17.9 Å². The number of rotatable bonds is 3. The van der Waals surface area contributed by atoms with Gasteiger partial charge in [0.05, 0.1) is 5.88 Å². The molecule has 0 saturated carbocycles. The lowest BCUT2D eigenvalue weighted by Crippen LogP contribution is -2.47. The molecule has 0 spiro atoms. The van der Waals surface area contributed by atoms with Crippen LogP contribution in [0.5, 0.6) is 0 Å². The highest BCUT2D eigenvalue weighted by Crippen LogP contribution is 2.30. The molecule has 25 heavy (non-hydrogen) atoms. The zero-order valence-electron chi connectivity index (χ0n) is 14.7. The molecule has 0 aromatic heterocycles. The van der Waals surface area contributed by atoms with E-state index >= 15 is 0 Å². The van der Waals surface area contributed by atoms with Crippen molar-refractivity contribution in [2.75, 3.05) is 24.7 Å². The average Bonchev–Trinajstić information content (AvgIpc) is 3.33. The number of thioether (sulfide) groups is 1. The Kier molecular flexibility index (Phi) is 5.02. The Hall–Kier alpha value is -1.49. The van der Waals surface area contributed by atoms with Crippen LogP contribution >= 0.6 is 11.8 Å². The number of carbonyl (C=O) groups is 2. The van der Waals surface area contributed by atoms with Crippen LogP contribution in [0.2, 0.25) is 0 Å². The molecule has 134 valence electrons. The molecule has 1 aromatic rings. The third-order valence-electron chi connectivity index (χ3n) is 5.83. The van der Waals surface area contributed by atoms with Gasteiger partial charge in [-0.15, -0.1) is 11.8 Å². The zero-order chi connectivity index (χ0) is 17.2. The molecule has 0 unspecified atom stereocenters. The normalized spacial score (nSPS) is 25.9. The van der Waals surface area contributed by atoms with Crippen molar-refractivity contribution in [2.24, 2.45) is 5.92 Å². The minimum absolute atomic E-state index is 0.171. The van der Waals surface area contributed by atoms with Crippen LogP contribution in [-0.4, -0.2) is 52.4 Å². The minimum atomic E-state index is -0.206. The van der Waals surface area contributed by atoms with Gasteiger partial charge in [-0.1, -0.05) is 24.3 Å². The number of aryl methyl sites for hydroxylation is 1. The van der Waals surface area contributed by atoms with Crippen LogP contribution in [-0.2, 0) is 22.4 Å². The molecule has 5 heteroatoms. The monoisotopic (exact) mass is 358 g/mol. The first-order valence-corrected chi connectivity index (χ1v) is 10.6. The number of hydrogen-bond donors (Lipinski definition) is 0. The van der Waals surface area contributed by atoms with Crippen molar-refractivity contribution in [1.82, 2.24) is 9.80 Å². The standard InChI is InChI=1S/C20H26N2O2S/c23-19(13-15-7-8-16-4-1-2-5-17(16)12-15)22-9-3-6-18(22)20(24)21-10-11-25-14-21/h1-2,4-5,15,18H,3,6-14H2/t15-,18-/m0/s1. The van der Waals surface area contributed by atoms with Crippen LogP contribution in [0.25, 0.3) is 0 Å². The molecule has 2 heterocycles. The van der Waals surface area contributed by atoms with Gasteiger partial charge in [0.1, 0.15) is 6.04 Å². The van der Waals surface area contributed by atoms with Crippen LogP contribution in [0, 0.1) is 5.92 Å². The van der Waals surface area contributed by atoms with E-state index in [1.54, 1.807) is 11.8 Å². The second kappa shape index (κ2) is 7.40. The van der Waals surface area contributed by atoms with Gasteiger partial charge in [0.2, 0.25) is 11.8 Å². The Balaban J connectivity index is 1.38. The van der Waals surface area contributed by atoms with Gasteiger partial charge in [-0.2, -0.15) is 0 Å². The van der Waals surface area contributed by atoms with Crippen LogP contribution in [0.4, 0.5) is 0 Å². The summed E-state index contributed by atoms with van der Waals surface area (Å²) in [5, 5.41) is 0. The van der Waals surface area contributed by atoms with Crippen molar-refractivity contribution < 1.29 is 9.59 Å². The highest BCUT2D eigenvalue weighted by atomic mass is 32.2. The van der Waals surface area contributed by atoms with Gasteiger partial charge in [0.25, 0.3) is 0 Å². The van der Waals surface area contributed by atoms with Gasteiger partial charge in [0, 0.05) is 25.3 Å². The topological polar surface area (TPSA) is 40.6 Å². The summed E-state index contributed by atoms with van der Waals surface area (Å²) >= 11 is 1.80. The van der Waals surface area contributed by atoms with Crippen molar-refractivity contribution >= 4 is 23.6 Å². The maximum absolute atomic E-state index is 12.9. The number of carbonyl (C=O) groups excluding carboxylic acids is 2. The fourth-order valence-corrected chi connectivity index (χ4v) is 5.39. The van der Waals surface area contributed by atoms with Crippen molar-refractivity contribution in [3.8, 4) is 0 Å². The van der Waals surface area contributed by atoms with Crippen molar-refractivity contribution in [2.45, 2.75) is 44.6 Å². The predicted molar refractivity (Wildman–Crippen MR) is 100 cm³/mol. The lowest BCUT2D eigenvalue weighted by Gasteiger charge is -2.30. The Morgan fingerprint density at radius 3 is 2.76 bits per heavy atom. The highest BCUT2D eigenvalue weighted by Gasteiger charge is 2.37. The Morgan fingerprint density at radius 2 is 1.96 bits per heavy atom.